The van der Waals surface area contributed by atoms with Crippen molar-refractivity contribution in [2.24, 2.45) is 0 Å². The van der Waals surface area contributed by atoms with Gasteiger partial charge in [-0.15, -0.1) is 0 Å². The summed E-state index contributed by atoms with van der Waals surface area (Å²) in [5, 5.41) is 14.0. The number of anilines is 1. The predicted molar refractivity (Wildman–Crippen MR) is 108 cm³/mol. The van der Waals surface area contributed by atoms with E-state index in [1.807, 2.05) is 0 Å². The van der Waals surface area contributed by atoms with E-state index in [0.717, 1.165) is 5.56 Å². The van der Waals surface area contributed by atoms with Gasteiger partial charge in [-0.2, -0.15) is 0 Å². The quantitative estimate of drug-likeness (QED) is 0.371. The molecule has 2 heterocycles. The Labute approximate surface area is 169 Å². The van der Waals surface area contributed by atoms with Crippen LogP contribution in [0.25, 0.3) is 16.9 Å². The first-order chi connectivity index (χ1) is 14.0. The van der Waals surface area contributed by atoms with Crippen molar-refractivity contribution >= 4 is 34.7 Å². The minimum absolute atomic E-state index is 0.0177. The SMILES string of the molecule is O=C(Nc1cccc(Cl)c1)Oc1ccc(-c2cn3cc([N+](=O)[O-])ccc3n2)cc1. The molecule has 0 fully saturated rings. The first-order valence-electron chi connectivity index (χ1n) is 8.46. The molecule has 0 radical (unpaired) electrons. The summed E-state index contributed by atoms with van der Waals surface area (Å²) in [5.41, 5.74) is 2.51. The smallest absolute Gasteiger partial charge is 0.410 e. The molecule has 1 amide bonds. The van der Waals surface area contributed by atoms with Crippen LogP contribution in [0.2, 0.25) is 5.02 Å². The zero-order chi connectivity index (χ0) is 20.4. The van der Waals surface area contributed by atoms with E-state index in [2.05, 4.69) is 10.3 Å². The Kier molecular flexibility index (Phi) is 4.84. The number of carbonyl (C=O) groups is 1. The van der Waals surface area contributed by atoms with E-state index < -0.39 is 11.0 Å². The third-order valence-corrected chi connectivity index (χ3v) is 4.31. The number of hydrogen-bond donors (Lipinski definition) is 1. The Morgan fingerprint density at radius 3 is 2.62 bits per heavy atom. The van der Waals surface area contributed by atoms with Crippen LogP contribution in [0.3, 0.4) is 0 Å². The van der Waals surface area contributed by atoms with Gasteiger partial charge in [-0.1, -0.05) is 17.7 Å². The van der Waals surface area contributed by atoms with Gasteiger partial charge in [0.25, 0.3) is 5.69 Å². The normalized spacial score (nSPS) is 10.7. The van der Waals surface area contributed by atoms with Crippen molar-refractivity contribution in [2.75, 3.05) is 5.32 Å². The second-order valence-corrected chi connectivity index (χ2v) is 6.52. The molecule has 4 aromatic rings. The Hall–Kier alpha value is -3.91. The summed E-state index contributed by atoms with van der Waals surface area (Å²) in [5.74, 6) is 0.354. The lowest BCUT2D eigenvalue weighted by molar-refractivity contribution is -0.385. The number of nitrogens with zero attached hydrogens (tertiary/aromatic N) is 3. The monoisotopic (exact) mass is 408 g/mol. The summed E-state index contributed by atoms with van der Waals surface area (Å²) in [6.07, 6.45) is 2.47. The molecule has 29 heavy (non-hydrogen) atoms. The molecule has 0 unspecified atom stereocenters. The number of rotatable bonds is 4. The highest BCUT2D eigenvalue weighted by Crippen LogP contribution is 2.24. The van der Waals surface area contributed by atoms with Crippen molar-refractivity contribution in [3.63, 3.8) is 0 Å². The number of aromatic nitrogens is 2. The summed E-state index contributed by atoms with van der Waals surface area (Å²) in [6.45, 7) is 0. The third-order valence-electron chi connectivity index (χ3n) is 4.08. The van der Waals surface area contributed by atoms with Crippen molar-refractivity contribution in [1.82, 2.24) is 9.38 Å². The Bertz CT molecular complexity index is 1220. The molecule has 0 atom stereocenters. The Balaban J connectivity index is 1.48. The van der Waals surface area contributed by atoms with Crippen molar-refractivity contribution in [3.8, 4) is 17.0 Å². The van der Waals surface area contributed by atoms with Gasteiger partial charge in [-0.25, -0.2) is 9.78 Å². The van der Waals surface area contributed by atoms with Gasteiger partial charge in [0.05, 0.1) is 16.8 Å². The zero-order valence-corrected chi connectivity index (χ0v) is 15.5. The molecule has 0 saturated heterocycles. The first kappa shape index (κ1) is 18.5. The fourth-order valence-electron chi connectivity index (χ4n) is 2.74. The molecule has 4 rings (SSSR count). The van der Waals surface area contributed by atoms with Crippen LogP contribution in [0.4, 0.5) is 16.2 Å². The number of carbonyl (C=O) groups excluding carboxylic acids is 1. The van der Waals surface area contributed by atoms with Crippen LogP contribution < -0.4 is 10.1 Å². The molecule has 2 aromatic heterocycles. The highest BCUT2D eigenvalue weighted by Gasteiger charge is 2.11. The maximum atomic E-state index is 12.0. The van der Waals surface area contributed by atoms with E-state index in [9.17, 15) is 14.9 Å². The van der Waals surface area contributed by atoms with Gasteiger partial charge in [0.1, 0.15) is 11.4 Å². The van der Waals surface area contributed by atoms with E-state index in [-0.39, 0.29) is 5.69 Å². The topological polar surface area (TPSA) is 98.8 Å². The van der Waals surface area contributed by atoms with Gasteiger partial charge in [-0.05, 0) is 48.5 Å². The second kappa shape index (κ2) is 7.61. The summed E-state index contributed by atoms with van der Waals surface area (Å²) >= 11 is 5.88. The zero-order valence-electron chi connectivity index (χ0n) is 14.8. The number of nitro groups is 1. The molecule has 1 N–H and O–H groups in total. The van der Waals surface area contributed by atoms with Crippen molar-refractivity contribution in [2.45, 2.75) is 0 Å². The Morgan fingerprint density at radius 2 is 1.90 bits per heavy atom. The minimum atomic E-state index is -0.639. The third kappa shape index (κ3) is 4.17. The summed E-state index contributed by atoms with van der Waals surface area (Å²) in [7, 11) is 0. The lowest BCUT2D eigenvalue weighted by Gasteiger charge is -2.07. The van der Waals surface area contributed by atoms with Gasteiger partial charge < -0.3 is 4.74 Å². The van der Waals surface area contributed by atoms with E-state index in [1.54, 1.807) is 65.2 Å². The summed E-state index contributed by atoms with van der Waals surface area (Å²) in [6, 6.07) is 16.5. The average molecular weight is 409 g/mol. The van der Waals surface area contributed by atoms with Crippen LogP contribution in [-0.4, -0.2) is 20.4 Å². The Morgan fingerprint density at radius 1 is 1.10 bits per heavy atom. The highest BCUT2D eigenvalue weighted by molar-refractivity contribution is 6.30. The van der Waals surface area contributed by atoms with Crippen molar-refractivity contribution in [3.05, 3.63) is 88.2 Å². The van der Waals surface area contributed by atoms with Crippen LogP contribution >= 0.6 is 11.6 Å². The van der Waals surface area contributed by atoms with E-state index in [4.69, 9.17) is 16.3 Å². The number of benzene rings is 2. The van der Waals surface area contributed by atoms with E-state index >= 15 is 0 Å². The number of pyridine rings is 1. The van der Waals surface area contributed by atoms with Gasteiger partial charge >= 0.3 is 6.09 Å². The van der Waals surface area contributed by atoms with Gasteiger partial charge in [-0.3, -0.25) is 19.8 Å². The summed E-state index contributed by atoms with van der Waals surface area (Å²) in [4.78, 5) is 26.9. The molecule has 2 aromatic carbocycles. The lowest BCUT2D eigenvalue weighted by Crippen LogP contribution is -2.16. The highest BCUT2D eigenvalue weighted by atomic mass is 35.5. The number of nitrogens with one attached hydrogen (secondary N) is 1. The second-order valence-electron chi connectivity index (χ2n) is 6.09. The molecule has 0 aliphatic rings. The van der Waals surface area contributed by atoms with Gasteiger partial charge in [0, 0.05) is 28.5 Å². The van der Waals surface area contributed by atoms with Gasteiger partial charge in [0.15, 0.2) is 0 Å². The van der Waals surface area contributed by atoms with Gasteiger partial charge in [0.2, 0.25) is 0 Å². The molecule has 144 valence electrons. The van der Waals surface area contributed by atoms with E-state index in [0.29, 0.717) is 27.8 Å². The number of halogens is 1. The largest absolute Gasteiger partial charge is 0.417 e. The first-order valence-corrected chi connectivity index (χ1v) is 8.84. The van der Waals surface area contributed by atoms with Crippen LogP contribution in [0.1, 0.15) is 0 Å². The number of hydrogen-bond acceptors (Lipinski definition) is 5. The van der Waals surface area contributed by atoms with Crippen LogP contribution in [0.15, 0.2) is 73.1 Å². The average Bonchev–Trinajstić information content (AvgIpc) is 3.11. The number of fused-ring (bicyclic) bond motifs is 1. The predicted octanol–water partition coefficient (Wildman–Crippen LogP) is 5.17. The molecule has 0 bridgehead atoms. The molecular formula is C20H13ClN4O4. The molecule has 0 aliphatic heterocycles. The summed E-state index contributed by atoms with van der Waals surface area (Å²) < 4.78 is 6.85. The maximum absolute atomic E-state index is 12.0. The number of imidazole rings is 1. The fourth-order valence-corrected chi connectivity index (χ4v) is 2.93. The van der Waals surface area contributed by atoms with Crippen LogP contribution in [0.5, 0.6) is 5.75 Å². The maximum Gasteiger partial charge on any atom is 0.417 e. The molecule has 0 spiro atoms. The fraction of sp³-hybridized carbons (Fsp3) is 0. The molecule has 9 heteroatoms. The number of ether oxygens (including phenoxy) is 1. The molecule has 0 aliphatic carbocycles. The standard InChI is InChI=1S/C20H13ClN4O4/c21-14-2-1-3-15(10-14)22-20(26)29-17-7-4-13(5-8-17)18-12-24-11-16(25(27)28)6-9-19(24)23-18/h1-12H,(H,22,26). The van der Waals surface area contributed by atoms with Crippen molar-refractivity contribution in [1.29, 1.82) is 0 Å². The molecule has 8 nitrogen and oxygen atoms in total. The molecular weight excluding hydrogens is 396 g/mol. The van der Waals surface area contributed by atoms with Crippen molar-refractivity contribution < 1.29 is 14.5 Å². The lowest BCUT2D eigenvalue weighted by atomic mass is 10.2. The minimum Gasteiger partial charge on any atom is -0.410 e. The number of amides is 1. The van der Waals surface area contributed by atoms with Crippen LogP contribution in [0, 0.1) is 10.1 Å². The van der Waals surface area contributed by atoms with Crippen LogP contribution in [-0.2, 0) is 0 Å². The molecule has 0 saturated carbocycles. The van der Waals surface area contributed by atoms with E-state index in [1.165, 1.54) is 12.3 Å².